The summed E-state index contributed by atoms with van der Waals surface area (Å²) >= 11 is 0. The Morgan fingerprint density at radius 1 is 1.35 bits per heavy atom. The van der Waals surface area contributed by atoms with E-state index in [0.29, 0.717) is 11.3 Å². The summed E-state index contributed by atoms with van der Waals surface area (Å²) in [4.78, 5) is 14.7. The van der Waals surface area contributed by atoms with Crippen molar-refractivity contribution in [2.75, 3.05) is 7.11 Å². The van der Waals surface area contributed by atoms with Crippen LogP contribution in [-0.4, -0.2) is 13.2 Å². The summed E-state index contributed by atoms with van der Waals surface area (Å²) in [5.41, 5.74) is 0.669. The molecule has 0 N–H and O–H groups in total. The highest BCUT2D eigenvalue weighted by atomic mass is 19.1. The highest BCUT2D eigenvalue weighted by Crippen LogP contribution is 2.44. The standard InChI is InChI=1S/C16H20FNO2/c1-11(2)15-13(17)8-12(9-14(15)20-3)16(18-10-19)6-4-5-7-16/h8-9,11H,4-7H2,1-3H3. The lowest BCUT2D eigenvalue weighted by Gasteiger charge is -2.25. The molecule has 0 atom stereocenters. The van der Waals surface area contributed by atoms with Crippen molar-refractivity contribution in [3.8, 4) is 5.75 Å². The summed E-state index contributed by atoms with van der Waals surface area (Å²) in [5, 5.41) is 0. The number of benzene rings is 1. The van der Waals surface area contributed by atoms with Crippen LogP contribution in [0.25, 0.3) is 0 Å². The van der Waals surface area contributed by atoms with Crippen LogP contribution in [-0.2, 0) is 10.3 Å². The fourth-order valence-corrected chi connectivity index (χ4v) is 3.10. The molecule has 3 nitrogen and oxygen atoms in total. The number of halogens is 1. The van der Waals surface area contributed by atoms with Crippen molar-refractivity contribution in [3.63, 3.8) is 0 Å². The van der Waals surface area contributed by atoms with Crippen molar-refractivity contribution in [2.45, 2.75) is 51.0 Å². The maximum Gasteiger partial charge on any atom is 0.235 e. The number of ether oxygens (including phenoxy) is 1. The third-order valence-electron chi connectivity index (χ3n) is 4.12. The quantitative estimate of drug-likeness (QED) is 0.615. The molecule has 2 rings (SSSR count). The Bertz CT molecular complexity index is 542. The number of hydrogen-bond acceptors (Lipinski definition) is 3. The van der Waals surface area contributed by atoms with Crippen LogP contribution >= 0.6 is 0 Å². The Morgan fingerprint density at radius 2 is 2.00 bits per heavy atom. The average Bonchev–Trinajstić information content (AvgIpc) is 2.87. The largest absolute Gasteiger partial charge is 0.496 e. The van der Waals surface area contributed by atoms with Gasteiger partial charge in [0, 0.05) is 5.56 Å². The first-order valence-electron chi connectivity index (χ1n) is 7.01. The van der Waals surface area contributed by atoms with Gasteiger partial charge in [0.25, 0.3) is 0 Å². The molecule has 0 radical (unpaired) electrons. The molecule has 1 aromatic rings. The molecule has 0 saturated heterocycles. The molecule has 1 aliphatic rings. The first kappa shape index (κ1) is 14.7. The van der Waals surface area contributed by atoms with E-state index in [4.69, 9.17) is 4.74 Å². The molecule has 0 aromatic heterocycles. The monoisotopic (exact) mass is 277 g/mol. The highest BCUT2D eigenvalue weighted by Gasteiger charge is 2.37. The number of carbonyl (C=O) groups excluding carboxylic acids is 1. The lowest BCUT2D eigenvalue weighted by Crippen LogP contribution is -2.20. The zero-order valence-electron chi connectivity index (χ0n) is 12.2. The number of nitrogens with zero attached hydrogens (tertiary/aromatic N) is 1. The Balaban J connectivity index is 2.58. The van der Waals surface area contributed by atoms with E-state index in [1.165, 1.54) is 13.2 Å². The summed E-state index contributed by atoms with van der Waals surface area (Å²) in [5.74, 6) is 0.275. The molecule has 0 amide bonds. The van der Waals surface area contributed by atoms with E-state index in [1.807, 2.05) is 19.9 Å². The van der Waals surface area contributed by atoms with Gasteiger partial charge in [0.2, 0.25) is 6.08 Å². The molecule has 0 heterocycles. The zero-order valence-corrected chi connectivity index (χ0v) is 12.2. The van der Waals surface area contributed by atoms with Crippen LogP contribution in [0.1, 0.15) is 56.6 Å². The molecule has 0 unspecified atom stereocenters. The molecule has 1 aliphatic carbocycles. The van der Waals surface area contributed by atoms with E-state index in [-0.39, 0.29) is 11.7 Å². The molecule has 1 fully saturated rings. The third kappa shape index (κ3) is 2.48. The van der Waals surface area contributed by atoms with Crippen LogP contribution in [0.5, 0.6) is 5.75 Å². The molecule has 4 heteroatoms. The normalized spacial score (nSPS) is 17.1. The number of rotatable bonds is 4. The Hall–Kier alpha value is -1.67. The van der Waals surface area contributed by atoms with Crippen LogP contribution < -0.4 is 4.74 Å². The second-order valence-corrected chi connectivity index (χ2v) is 5.67. The van der Waals surface area contributed by atoms with Crippen LogP contribution in [0.15, 0.2) is 17.1 Å². The summed E-state index contributed by atoms with van der Waals surface area (Å²) < 4.78 is 19.7. The molecule has 0 aliphatic heterocycles. The van der Waals surface area contributed by atoms with Crippen molar-refractivity contribution in [3.05, 3.63) is 29.1 Å². The van der Waals surface area contributed by atoms with Gasteiger partial charge < -0.3 is 4.74 Å². The fraction of sp³-hybridized carbons (Fsp3) is 0.562. The average molecular weight is 277 g/mol. The second kappa shape index (κ2) is 5.76. The van der Waals surface area contributed by atoms with Crippen LogP contribution in [0, 0.1) is 5.82 Å². The van der Waals surface area contributed by atoms with E-state index in [2.05, 4.69) is 4.99 Å². The minimum Gasteiger partial charge on any atom is -0.496 e. The van der Waals surface area contributed by atoms with Crippen molar-refractivity contribution in [1.29, 1.82) is 0 Å². The zero-order chi connectivity index (χ0) is 14.8. The lowest BCUT2D eigenvalue weighted by atomic mass is 9.86. The molecule has 0 bridgehead atoms. The number of hydrogen-bond donors (Lipinski definition) is 0. The smallest absolute Gasteiger partial charge is 0.235 e. The van der Waals surface area contributed by atoms with Gasteiger partial charge in [-0.15, -0.1) is 0 Å². The van der Waals surface area contributed by atoms with E-state index in [1.54, 1.807) is 6.08 Å². The number of aliphatic imine (C=N–C) groups is 1. The highest BCUT2D eigenvalue weighted by molar-refractivity contribution is 5.45. The first-order valence-corrected chi connectivity index (χ1v) is 7.01. The van der Waals surface area contributed by atoms with Crippen LogP contribution in [0.3, 0.4) is 0 Å². The Labute approximate surface area is 118 Å². The van der Waals surface area contributed by atoms with Crippen molar-refractivity contribution >= 4 is 6.08 Å². The van der Waals surface area contributed by atoms with Gasteiger partial charge in [0.1, 0.15) is 11.6 Å². The van der Waals surface area contributed by atoms with E-state index < -0.39 is 5.54 Å². The predicted molar refractivity (Wildman–Crippen MR) is 75.3 cm³/mol. The number of methoxy groups -OCH3 is 1. The Morgan fingerprint density at radius 3 is 2.50 bits per heavy atom. The summed E-state index contributed by atoms with van der Waals surface area (Å²) in [6, 6.07) is 3.33. The third-order valence-corrected chi connectivity index (χ3v) is 4.12. The minimum absolute atomic E-state index is 0.0353. The van der Waals surface area contributed by atoms with Gasteiger partial charge in [-0.1, -0.05) is 26.7 Å². The molecule has 108 valence electrons. The van der Waals surface area contributed by atoms with E-state index in [9.17, 15) is 9.18 Å². The molecular weight excluding hydrogens is 257 g/mol. The van der Waals surface area contributed by atoms with Gasteiger partial charge >= 0.3 is 0 Å². The van der Waals surface area contributed by atoms with Crippen molar-refractivity contribution in [1.82, 2.24) is 0 Å². The van der Waals surface area contributed by atoms with E-state index in [0.717, 1.165) is 31.2 Å². The minimum atomic E-state index is -0.620. The van der Waals surface area contributed by atoms with Gasteiger partial charge in [0.05, 0.1) is 12.6 Å². The predicted octanol–water partition coefficient (Wildman–Crippen LogP) is 4.06. The molecule has 20 heavy (non-hydrogen) atoms. The maximum atomic E-state index is 14.4. The van der Waals surface area contributed by atoms with Gasteiger partial charge in [-0.25, -0.2) is 9.18 Å². The summed E-state index contributed by atoms with van der Waals surface area (Å²) in [6.45, 7) is 3.85. The molecule has 1 aromatic carbocycles. The van der Waals surface area contributed by atoms with Gasteiger partial charge in [-0.3, -0.25) is 0 Å². The maximum absolute atomic E-state index is 14.4. The van der Waals surface area contributed by atoms with Gasteiger partial charge in [-0.05, 0) is 36.5 Å². The first-order chi connectivity index (χ1) is 9.54. The van der Waals surface area contributed by atoms with Crippen LogP contribution in [0.2, 0.25) is 0 Å². The lowest BCUT2D eigenvalue weighted by molar-refractivity contribution is 0.394. The molecule has 0 spiro atoms. The SMILES string of the molecule is COc1cc(C2(N=C=O)CCCC2)cc(F)c1C(C)C. The van der Waals surface area contributed by atoms with Gasteiger partial charge in [0.15, 0.2) is 0 Å². The summed E-state index contributed by atoms with van der Waals surface area (Å²) in [7, 11) is 1.54. The number of isocyanates is 1. The van der Waals surface area contributed by atoms with Crippen molar-refractivity contribution < 1.29 is 13.9 Å². The topological polar surface area (TPSA) is 38.7 Å². The van der Waals surface area contributed by atoms with Gasteiger partial charge in [-0.2, -0.15) is 4.99 Å². The molecule has 1 saturated carbocycles. The van der Waals surface area contributed by atoms with Crippen molar-refractivity contribution in [2.24, 2.45) is 4.99 Å². The summed E-state index contributed by atoms with van der Waals surface area (Å²) in [6.07, 6.45) is 5.14. The van der Waals surface area contributed by atoms with E-state index >= 15 is 0 Å². The van der Waals surface area contributed by atoms with Crippen LogP contribution in [0.4, 0.5) is 4.39 Å². The Kier molecular flexibility index (Phi) is 4.24. The fourth-order valence-electron chi connectivity index (χ4n) is 3.10. The second-order valence-electron chi connectivity index (χ2n) is 5.67. The molecular formula is C16H20FNO2.